The number of carbonyl (C=O) groups excluding carboxylic acids is 1. The van der Waals surface area contributed by atoms with Gasteiger partial charge in [-0.1, -0.05) is 30.7 Å². The van der Waals surface area contributed by atoms with Crippen LogP contribution in [0.2, 0.25) is 0 Å². The van der Waals surface area contributed by atoms with Crippen LogP contribution in [0, 0.1) is 0 Å². The first-order valence-electron chi connectivity index (χ1n) is 9.59. The maximum atomic E-state index is 12.5. The van der Waals surface area contributed by atoms with Crippen molar-refractivity contribution < 1.29 is 13.2 Å². The molecule has 1 aromatic carbocycles. The molecule has 1 amide bonds. The highest BCUT2D eigenvalue weighted by Gasteiger charge is 2.29. The van der Waals surface area contributed by atoms with E-state index in [1.54, 1.807) is 41.7 Å². The third-order valence-electron chi connectivity index (χ3n) is 4.61. The number of hydrogen-bond acceptors (Lipinski definition) is 5. The molecule has 2 heterocycles. The van der Waals surface area contributed by atoms with Crippen molar-refractivity contribution in [3.63, 3.8) is 0 Å². The molecule has 0 saturated heterocycles. The van der Waals surface area contributed by atoms with Crippen molar-refractivity contribution in [1.82, 2.24) is 9.62 Å². The molecule has 0 bridgehead atoms. The van der Waals surface area contributed by atoms with Crippen LogP contribution < -0.4 is 4.72 Å². The molecule has 0 radical (unpaired) electrons. The molecule has 0 saturated carbocycles. The molecule has 1 N–H and O–H groups in total. The van der Waals surface area contributed by atoms with Gasteiger partial charge in [0.25, 0.3) is 10.0 Å². The van der Waals surface area contributed by atoms with Crippen molar-refractivity contribution in [3.05, 3.63) is 64.9 Å². The van der Waals surface area contributed by atoms with Gasteiger partial charge in [-0.15, -0.1) is 17.9 Å². The van der Waals surface area contributed by atoms with Crippen molar-refractivity contribution in [2.24, 2.45) is 4.99 Å². The van der Waals surface area contributed by atoms with Crippen LogP contribution in [0.15, 0.2) is 64.3 Å². The Morgan fingerprint density at radius 1 is 1.17 bits per heavy atom. The largest absolute Gasteiger partial charge is 0.334 e. The number of amidine groups is 1. The number of sulfonamides is 1. The third-order valence-corrected chi connectivity index (χ3v) is 6.87. The summed E-state index contributed by atoms with van der Waals surface area (Å²) in [6.45, 7) is 5.43. The molecular weight excluding hydrogens is 406 g/mol. The van der Waals surface area contributed by atoms with E-state index in [4.69, 9.17) is 0 Å². The van der Waals surface area contributed by atoms with Gasteiger partial charge in [0, 0.05) is 30.0 Å². The Kier molecular flexibility index (Phi) is 7.22. The lowest BCUT2D eigenvalue weighted by molar-refractivity contribution is -0.131. The van der Waals surface area contributed by atoms with Gasteiger partial charge in [-0.2, -0.15) is 0 Å². The van der Waals surface area contributed by atoms with Gasteiger partial charge in [0.1, 0.15) is 5.84 Å². The smallest absolute Gasteiger partial charge is 0.263 e. The molecule has 1 aliphatic heterocycles. The summed E-state index contributed by atoms with van der Waals surface area (Å²) in [5.41, 5.74) is 0.622. The van der Waals surface area contributed by atoms with Gasteiger partial charge in [0.2, 0.25) is 5.91 Å². The number of aliphatic imine (C=N–C) groups is 1. The Morgan fingerprint density at radius 3 is 2.76 bits per heavy atom. The number of thiophene rings is 1. The zero-order valence-electron chi connectivity index (χ0n) is 16.2. The van der Waals surface area contributed by atoms with Crippen LogP contribution >= 0.6 is 11.3 Å². The average molecular weight is 432 g/mol. The monoisotopic (exact) mass is 431 g/mol. The number of amides is 1. The molecule has 29 heavy (non-hydrogen) atoms. The topological polar surface area (TPSA) is 78.8 Å². The Morgan fingerprint density at radius 2 is 2.00 bits per heavy atom. The van der Waals surface area contributed by atoms with Crippen LogP contribution in [-0.4, -0.2) is 38.2 Å². The molecule has 154 valence electrons. The highest BCUT2D eigenvalue weighted by molar-refractivity contribution is 7.90. The molecule has 1 aliphatic rings. The van der Waals surface area contributed by atoms with Gasteiger partial charge in [0.05, 0.1) is 11.4 Å². The van der Waals surface area contributed by atoms with Crippen LogP contribution in [0.25, 0.3) is 0 Å². The summed E-state index contributed by atoms with van der Waals surface area (Å²) in [7, 11) is -3.49. The summed E-state index contributed by atoms with van der Waals surface area (Å²) in [4.78, 5) is 20.2. The molecule has 8 heteroatoms. The lowest BCUT2D eigenvalue weighted by Gasteiger charge is -2.20. The fraction of sp³-hybridized carbons (Fsp3) is 0.333. The van der Waals surface area contributed by atoms with Crippen LogP contribution in [0.4, 0.5) is 0 Å². The van der Waals surface area contributed by atoms with Crippen LogP contribution in [-0.2, 0) is 21.4 Å². The summed E-state index contributed by atoms with van der Waals surface area (Å²) < 4.78 is 26.6. The van der Waals surface area contributed by atoms with Gasteiger partial charge < -0.3 is 4.90 Å². The summed E-state index contributed by atoms with van der Waals surface area (Å²) >= 11 is 1.64. The predicted molar refractivity (Wildman–Crippen MR) is 117 cm³/mol. The van der Waals surface area contributed by atoms with Crippen LogP contribution in [0.1, 0.15) is 36.1 Å². The van der Waals surface area contributed by atoms with Gasteiger partial charge >= 0.3 is 0 Å². The summed E-state index contributed by atoms with van der Waals surface area (Å²) in [6, 6.07) is 10.9. The first kappa shape index (κ1) is 21.3. The van der Waals surface area contributed by atoms with Crippen molar-refractivity contribution in [3.8, 4) is 0 Å². The van der Waals surface area contributed by atoms with Gasteiger partial charge in [-0.3, -0.25) is 14.5 Å². The molecule has 0 unspecified atom stereocenters. The van der Waals surface area contributed by atoms with Crippen molar-refractivity contribution >= 4 is 33.1 Å². The number of nitrogens with zero attached hydrogens (tertiary/aromatic N) is 2. The fourth-order valence-corrected chi connectivity index (χ4v) is 5.14. The predicted octanol–water partition coefficient (Wildman–Crippen LogP) is 3.56. The van der Waals surface area contributed by atoms with Gasteiger partial charge in [-0.05, 0) is 36.4 Å². The van der Waals surface area contributed by atoms with E-state index in [0.717, 1.165) is 24.1 Å². The van der Waals surface area contributed by atoms with E-state index in [1.165, 1.54) is 0 Å². The zero-order chi connectivity index (χ0) is 20.7. The number of fused-ring (bicyclic) bond motifs is 1. The Hall–Kier alpha value is -2.45. The zero-order valence-corrected chi connectivity index (χ0v) is 17.8. The van der Waals surface area contributed by atoms with E-state index < -0.39 is 10.0 Å². The maximum Gasteiger partial charge on any atom is 0.263 e. The minimum Gasteiger partial charge on any atom is -0.334 e. The van der Waals surface area contributed by atoms with E-state index >= 15 is 0 Å². The quantitative estimate of drug-likeness (QED) is 0.461. The Balaban J connectivity index is 1.43. The Labute approximate surface area is 176 Å². The second-order valence-electron chi connectivity index (χ2n) is 6.78. The molecule has 1 aromatic heterocycles. The molecule has 3 rings (SSSR count). The number of nitrogens with one attached hydrogen (secondary N) is 1. The SMILES string of the molecule is C=CCN(Cc1cccs1)C(=O)CCCCCN=C1NS(=O)(=O)c2ccccc21. The first-order chi connectivity index (χ1) is 14.0. The van der Waals surface area contributed by atoms with E-state index in [-0.39, 0.29) is 10.8 Å². The number of benzene rings is 1. The van der Waals surface area contributed by atoms with Crippen molar-refractivity contribution in [2.75, 3.05) is 13.1 Å². The van der Waals surface area contributed by atoms with Gasteiger partial charge in [-0.25, -0.2) is 8.42 Å². The number of hydrogen-bond donors (Lipinski definition) is 1. The average Bonchev–Trinajstić information content (AvgIpc) is 3.30. The second-order valence-corrected chi connectivity index (χ2v) is 9.47. The number of unbranched alkanes of at least 4 members (excludes halogenated alkanes) is 2. The molecule has 6 nitrogen and oxygen atoms in total. The van der Waals surface area contributed by atoms with E-state index in [0.29, 0.717) is 37.5 Å². The third kappa shape index (κ3) is 5.55. The highest BCUT2D eigenvalue weighted by Crippen LogP contribution is 2.22. The minimum absolute atomic E-state index is 0.127. The molecule has 0 atom stereocenters. The number of carbonyl (C=O) groups is 1. The fourth-order valence-electron chi connectivity index (χ4n) is 3.17. The molecule has 0 spiro atoms. The maximum absolute atomic E-state index is 12.5. The minimum atomic E-state index is -3.49. The van der Waals surface area contributed by atoms with E-state index in [9.17, 15) is 13.2 Å². The van der Waals surface area contributed by atoms with E-state index in [2.05, 4.69) is 16.3 Å². The first-order valence-corrected chi connectivity index (χ1v) is 12.0. The Bertz CT molecular complexity index is 982. The highest BCUT2D eigenvalue weighted by atomic mass is 32.2. The van der Waals surface area contributed by atoms with Crippen molar-refractivity contribution in [2.45, 2.75) is 37.1 Å². The summed E-state index contributed by atoms with van der Waals surface area (Å²) in [5.74, 6) is 0.534. The molecule has 2 aromatic rings. The van der Waals surface area contributed by atoms with Gasteiger partial charge in [0.15, 0.2) is 0 Å². The second kappa shape index (κ2) is 9.84. The standard InChI is InChI=1S/C21H25N3O3S2/c1-2-14-24(16-17-9-8-15-28-17)20(25)12-4-3-7-13-22-21-18-10-5-6-11-19(18)29(26,27)23-21/h2,5-6,8-11,15H,1,3-4,7,12-14,16H2,(H,22,23). The van der Waals surface area contributed by atoms with Crippen LogP contribution in [0.3, 0.4) is 0 Å². The van der Waals surface area contributed by atoms with Crippen molar-refractivity contribution in [1.29, 1.82) is 0 Å². The molecule has 0 aliphatic carbocycles. The lowest BCUT2D eigenvalue weighted by atomic mass is 10.1. The lowest BCUT2D eigenvalue weighted by Crippen LogP contribution is -2.30. The summed E-state index contributed by atoms with van der Waals surface area (Å²) in [5, 5.41) is 2.01. The van der Waals surface area contributed by atoms with E-state index in [1.807, 2.05) is 22.4 Å². The van der Waals surface area contributed by atoms with Crippen LogP contribution in [0.5, 0.6) is 0 Å². The molecule has 0 fully saturated rings. The number of rotatable bonds is 10. The molecular formula is C21H25N3O3S2. The normalized spacial score (nSPS) is 15.7. The summed E-state index contributed by atoms with van der Waals surface area (Å²) in [6.07, 6.45) is 4.68.